The Hall–Kier alpha value is -0.0800. The van der Waals surface area contributed by atoms with Gasteiger partial charge in [-0.1, -0.05) is 39.5 Å². The van der Waals surface area contributed by atoms with Crippen LogP contribution in [-0.4, -0.2) is 30.6 Å². The molecule has 1 heterocycles. The summed E-state index contributed by atoms with van der Waals surface area (Å²) in [5.74, 6) is 0.910. The summed E-state index contributed by atoms with van der Waals surface area (Å²) in [5.41, 5.74) is 5.74. The van der Waals surface area contributed by atoms with E-state index in [1.807, 2.05) is 0 Å². The number of hydrogen-bond donors (Lipinski definition) is 1. The van der Waals surface area contributed by atoms with Crippen molar-refractivity contribution < 1.29 is 0 Å². The number of nitrogens with two attached hydrogens (primary N) is 1. The van der Waals surface area contributed by atoms with Gasteiger partial charge in [0.25, 0.3) is 0 Å². The van der Waals surface area contributed by atoms with Gasteiger partial charge >= 0.3 is 0 Å². The number of nitrogens with zero attached hydrogens (tertiary/aromatic N) is 1. The maximum absolute atomic E-state index is 5.74. The molecule has 102 valence electrons. The SMILES string of the molecule is CCCCC(CC)CN1CCCCC1CCN. The number of hydrogen-bond acceptors (Lipinski definition) is 2. The molecule has 2 nitrogen and oxygen atoms in total. The van der Waals surface area contributed by atoms with E-state index in [4.69, 9.17) is 5.73 Å². The van der Waals surface area contributed by atoms with E-state index in [0.29, 0.717) is 0 Å². The van der Waals surface area contributed by atoms with Gasteiger partial charge < -0.3 is 10.6 Å². The number of piperidine rings is 1. The summed E-state index contributed by atoms with van der Waals surface area (Å²) in [6.07, 6.45) is 10.9. The molecule has 1 saturated heterocycles. The first-order chi connectivity index (χ1) is 8.31. The van der Waals surface area contributed by atoms with Crippen molar-refractivity contribution in [3.05, 3.63) is 0 Å². The van der Waals surface area contributed by atoms with Crippen molar-refractivity contribution in [2.45, 2.75) is 71.3 Å². The van der Waals surface area contributed by atoms with E-state index in [1.54, 1.807) is 0 Å². The van der Waals surface area contributed by atoms with Gasteiger partial charge in [0, 0.05) is 12.6 Å². The largest absolute Gasteiger partial charge is 0.330 e. The van der Waals surface area contributed by atoms with Crippen LogP contribution in [0.4, 0.5) is 0 Å². The average Bonchev–Trinajstić information content (AvgIpc) is 2.36. The lowest BCUT2D eigenvalue weighted by molar-refractivity contribution is 0.115. The number of likely N-dealkylation sites (tertiary alicyclic amines) is 1. The third-order valence-electron chi connectivity index (χ3n) is 4.28. The minimum Gasteiger partial charge on any atom is -0.330 e. The van der Waals surface area contributed by atoms with Crippen LogP contribution in [0.3, 0.4) is 0 Å². The van der Waals surface area contributed by atoms with Crippen molar-refractivity contribution >= 4 is 0 Å². The Labute approximate surface area is 108 Å². The molecule has 0 spiro atoms. The minimum absolute atomic E-state index is 0.782. The third-order valence-corrected chi connectivity index (χ3v) is 4.28. The smallest absolute Gasteiger partial charge is 0.0107 e. The molecule has 2 heteroatoms. The molecule has 0 bridgehead atoms. The topological polar surface area (TPSA) is 29.3 Å². The highest BCUT2D eigenvalue weighted by atomic mass is 15.2. The highest BCUT2D eigenvalue weighted by Crippen LogP contribution is 2.23. The monoisotopic (exact) mass is 240 g/mol. The lowest BCUT2D eigenvalue weighted by atomic mass is 9.94. The molecule has 1 fully saturated rings. The van der Waals surface area contributed by atoms with Crippen LogP contribution in [0.1, 0.15) is 65.2 Å². The lowest BCUT2D eigenvalue weighted by Gasteiger charge is -2.37. The fraction of sp³-hybridized carbons (Fsp3) is 1.00. The molecule has 0 aromatic heterocycles. The zero-order valence-electron chi connectivity index (χ0n) is 12.0. The molecule has 0 radical (unpaired) electrons. The molecule has 1 rings (SSSR count). The van der Waals surface area contributed by atoms with Crippen LogP contribution < -0.4 is 5.73 Å². The second kappa shape index (κ2) is 8.93. The molecule has 0 aromatic carbocycles. The lowest BCUT2D eigenvalue weighted by Crippen LogP contribution is -2.43. The van der Waals surface area contributed by atoms with E-state index < -0.39 is 0 Å². The Morgan fingerprint density at radius 2 is 2.12 bits per heavy atom. The van der Waals surface area contributed by atoms with Crippen molar-refractivity contribution in [1.82, 2.24) is 4.90 Å². The van der Waals surface area contributed by atoms with E-state index in [0.717, 1.165) is 18.5 Å². The number of unbranched alkanes of at least 4 members (excludes halogenated alkanes) is 1. The zero-order chi connectivity index (χ0) is 12.5. The highest BCUT2D eigenvalue weighted by molar-refractivity contribution is 4.79. The predicted molar refractivity (Wildman–Crippen MR) is 76.2 cm³/mol. The second-order valence-corrected chi connectivity index (χ2v) is 5.64. The first-order valence-electron chi connectivity index (χ1n) is 7.75. The Bertz CT molecular complexity index is 180. The van der Waals surface area contributed by atoms with E-state index in [2.05, 4.69) is 18.7 Å². The molecule has 2 unspecified atom stereocenters. The quantitative estimate of drug-likeness (QED) is 0.704. The van der Waals surface area contributed by atoms with Crippen LogP contribution in [0.2, 0.25) is 0 Å². The molecule has 0 amide bonds. The van der Waals surface area contributed by atoms with Gasteiger partial charge in [-0.15, -0.1) is 0 Å². The summed E-state index contributed by atoms with van der Waals surface area (Å²) < 4.78 is 0. The van der Waals surface area contributed by atoms with Gasteiger partial charge in [0.05, 0.1) is 0 Å². The first kappa shape index (κ1) is 15.0. The molecular formula is C15H32N2. The van der Waals surface area contributed by atoms with E-state index in [9.17, 15) is 0 Å². The summed E-state index contributed by atoms with van der Waals surface area (Å²) in [4.78, 5) is 2.74. The maximum atomic E-state index is 5.74. The minimum atomic E-state index is 0.782. The van der Waals surface area contributed by atoms with Crippen LogP contribution >= 0.6 is 0 Å². The molecule has 0 saturated carbocycles. The van der Waals surface area contributed by atoms with Crippen LogP contribution in [0.15, 0.2) is 0 Å². The van der Waals surface area contributed by atoms with Crippen LogP contribution in [0.25, 0.3) is 0 Å². The summed E-state index contributed by atoms with van der Waals surface area (Å²) in [6, 6.07) is 0.782. The van der Waals surface area contributed by atoms with E-state index in [1.165, 1.54) is 64.5 Å². The first-order valence-corrected chi connectivity index (χ1v) is 7.75. The number of rotatable bonds is 8. The molecule has 2 N–H and O–H groups in total. The molecule has 17 heavy (non-hydrogen) atoms. The summed E-state index contributed by atoms with van der Waals surface area (Å²) in [5, 5.41) is 0. The van der Waals surface area contributed by atoms with Gasteiger partial charge in [0.2, 0.25) is 0 Å². The van der Waals surface area contributed by atoms with Crippen molar-refractivity contribution in [2.75, 3.05) is 19.6 Å². The van der Waals surface area contributed by atoms with Gasteiger partial charge in [0.1, 0.15) is 0 Å². The second-order valence-electron chi connectivity index (χ2n) is 5.64. The summed E-state index contributed by atoms with van der Waals surface area (Å²) in [6.45, 7) is 8.13. The van der Waals surface area contributed by atoms with Crippen LogP contribution in [0, 0.1) is 5.92 Å². The third kappa shape index (κ3) is 5.39. The summed E-state index contributed by atoms with van der Waals surface area (Å²) in [7, 11) is 0. The molecule has 2 atom stereocenters. The van der Waals surface area contributed by atoms with Crippen molar-refractivity contribution in [3.63, 3.8) is 0 Å². The average molecular weight is 240 g/mol. The molecule has 0 aromatic rings. The maximum Gasteiger partial charge on any atom is 0.0107 e. The molecule has 1 aliphatic rings. The van der Waals surface area contributed by atoms with Crippen LogP contribution in [0.5, 0.6) is 0 Å². The Kier molecular flexibility index (Phi) is 7.87. The van der Waals surface area contributed by atoms with Gasteiger partial charge in [-0.2, -0.15) is 0 Å². The Morgan fingerprint density at radius 1 is 1.29 bits per heavy atom. The fourth-order valence-corrected chi connectivity index (χ4v) is 3.07. The van der Waals surface area contributed by atoms with Crippen molar-refractivity contribution in [1.29, 1.82) is 0 Å². The highest BCUT2D eigenvalue weighted by Gasteiger charge is 2.23. The summed E-state index contributed by atoms with van der Waals surface area (Å²) >= 11 is 0. The van der Waals surface area contributed by atoms with Gasteiger partial charge in [-0.3, -0.25) is 0 Å². The molecule has 1 aliphatic heterocycles. The van der Waals surface area contributed by atoms with Crippen LogP contribution in [-0.2, 0) is 0 Å². The van der Waals surface area contributed by atoms with E-state index >= 15 is 0 Å². The molecular weight excluding hydrogens is 208 g/mol. The predicted octanol–water partition coefficient (Wildman–Crippen LogP) is 3.41. The van der Waals surface area contributed by atoms with Gasteiger partial charge in [0.15, 0.2) is 0 Å². The van der Waals surface area contributed by atoms with Gasteiger partial charge in [-0.25, -0.2) is 0 Å². The normalized spacial score (nSPS) is 23.8. The van der Waals surface area contributed by atoms with Crippen molar-refractivity contribution in [2.24, 2.45) is 11.7 Å². The zero-order valence-corrected chi connectivity index (χ0v) is 12.0. The standard InChI is InChI=1S/C15H32N2/c1-3-5-8-14(4-2)13-17-12-7-6-9-15(17)10-11-16/h14-15H,3-13,16H2,1-2H3. The van der Waals surface area contributed by atoms with Gasteiger partial charge in [-0.05, 0) is 44.7 Å². The fourth-order valence-electron chi connectivity index (χ4n) is 3.07. The Balaban J connectivity index is 2.38. The Morgan fingerprint density at radius 3 is 2.76 bits per heavy atom. The van der Waals surface area contributed by atoms with Crippen molar-refractivity contribution in [3.8, 4) is 0 Å². The van der Waals surface area contributed by atoms with E-state index in [-0.39, 0.29) is 0 Å². The molecule has 0 aliphatic carbocycles.